The van der Waals surface area contributed by atoms with Crippen molar-refractivity contribution in [2.75, 3.05) is 0 Å². The molecule has 1 aliphatic heterocycles. The van der Waals surface area contributed by atoms with Crippen LogP contribution >= 0.6 is 0 Å². The van der Waals surface area contributed by atoms with E-state index in [0.29, 0.717) is 11.4 Å². The number of nitrogens with zero attached hydrogens (tertiary/aromatic N) is 4. The van der Waals surface area contributed by atoms with E-state index >= 15 is 0 Å². The number of amides is 2. The van der Waals surface area contributed by atoms with Gasteiger partial charge >= 0.3 is 12.2 Å². The quantitative estimate of drug-likeness (QED) is 0.445. The van der Waals surface area contributed by atoms with E-state index < -0.39 is 23.4 Å². The SMILES string of the molecule is CC.Cc1cc(CN(C(=O)OC(C)(C)C)/C(N)=N\C(=O)OC(C)(C)C)cc(C2=NNC=NN2)c1. The van der Waals surface area contributed by atoms with Gasteiger partial charge in [-0.1, -0.05) is 25.5 Å². The number of guanidine groups is 1. The largest absolute Gasteiger partial charge is 0.443 e. The molecule has 11 nitrogen and oxygen atoms in total. The van der Waals surface area contributed by atoms with Gasteiger partial charge in [-0.3, -0.25) is 10.9 Å². The Kier molecular flexibility index (Phi) is 10.0. The molecule has 0 fully saturated rings. The molecule has 0 bridgehead atoms. The van der Waals surface area contributed by atoms with Crippen molar-refractivity contribution in [3.8, 4) is 0 Å². The third kappa shape index (κ3) is 9.88. The molecule has 0 radical (unpaired) electrons. The monoisotopic (exact) mass is 475 g/mol. The van der Waals surface area contributed by atoms with Crippen molar-refractivity contribution < 1.29 is 19.1 Å². The minimum absolute atomic E-state index is 0.00566. The molecule has 0 spiro atoms. The van der Waals surface area contributed by atoms with E-state index in [0.717, 1.165) is 16.0 Å². The number of hydrogen-bond acceptors (Lipinski definition) is 8. The first kappa shape index (κ1) is 28.4. The maximum atomic E-state index is 12.9. The summed E-state index contributed by atoms with van der Waals surface area (Å²) in [6.45, 7) is 16.2. The number of rotatable bonds is 3. The highest BCUT2D eigenvalue weighted by atomic mass is 16.6. The fraction of sp³-hybridized carbons (Fsp3) is 0.522. The van der Waals surface area contributed by atoms with Crippen molar-refractivity contribution in [3.05, 3.63) is 34.9 Å². The molecular formula is C23H37N7O4. The Morgan fingerprint density at radius 2 is 1.68 bits per heavy atom. The highest BCUT2D eigenvalue weighted by Crippen LogP contribution is 2.17. The van der Waals surface area contributed by atoms with E-state index in [1.807, 2.05) is 39.0 Å². The van der Waals surface area contributed by atoms with Gasteiger partial charge in [0.15, 0.2) is 5.84 Å². The summed E-state index contributed by atoms with van der Waals surface area (Å²) in [7, 11) is 0. The molecule has 0 saturated carbocycles. The molecular weight excluding hydrogens is 438 g/mol. The summed E-state index contributed by atoms with van der Waals surface area (Å²) >= 11 is 0. The number of benzene rings is 1. The van der Waals surface area contributed by atoms with E-state index in [1.165, 1.54) is 6.34 Å². The summed E-state index contributed by atoms with van der Waals surface area (Å²) in [4.78, 5) is 29.8. The van der Waals surface area contributed by atoms with Gasteiger partial charge in [0.25, 0.3) is 0 Å². The normalized spacial score (nSPS) is 13.4. The van der Waals surface area contributed by atoms with E-state index in [1.54, 1.807) is 41.5 Å². The first-order chi connectivity index (χ1) is 15.7. The number of carbonyl (C=O) groups excluding carboxylic acids is 2. The second-order valence-electron chi connectivity index (χ2n) is 9.18. The van der Waals surface area contributed by atoms with Crippen molar-refractivity contribution in [2.45, 2.75) is 80.1 Å². The molecule has 11 heteroatoms. The Morgan fingerprint density at radius 1 is 1.06 bits per heavy atom. The smallest absolute Gasteiger partial charge is 0.437 e. The van der Waals surface area contributed by atoms with E-state index in [4.69, 9.17) is 15.2 Å². The number of ether oxygens (including phenoxy) is 2. The maximum Gasteiger partial charge on any atom is 0.437 e. The van der Waals surface area contributed by atoms with Gasteiger partial charge in [-0.25, -0.2) is 14.5 Å². The lowest BCUT2D eigenvalue weighted by Gasteiger charge is -2.27. The van der Waals surface area contributed by atoms with Crippen LogP contribution in [-0.4, -0.2) is 46.4 Å². The lowest BCUT2D eigenvalue weighted by Crippen LogP contribution is -2.45. The van der Waals surface area contributed by atoms with Crippen LogP contribution in [0.5, 0.6) is 0 Å². The summed E-state index contributed by atoms with van der Waals surface area (Å²) in [5.74, 6) is 0.174. The van der Waals surface area contributed by atoms with Crippen molar-refractivity contribution in [2.24, 2.45) is 20.9 Å². The zero-order valence-corrected chi connectivity index (χ0v) is 21.5. The van der Waals surface area contributed by atoms with Crippen LogP contribution in [0.1, 0.15) is 72.1 Å². The van der Waals surface area contributed by atoms with E-state index in [2.05, 4.69) is 26.0 Å². The van der Waals surface area contributed by atoms with Gasteiger partial charge in [0.2, 0.25) is 5.96 Å². The zero-order chi connectivity index (χ0) is 26.1. The number of aryl methyl sites for hydroxylation is 1. The predicted octanol–water partition coefficient (Wildman–Crippen LogP) is 3.81. The van der Waals surface area contributed by atoms with Crippen LogP contribution in [0.15, 0.2) is 33.4 Å². The molecule has 2 rings (SSSR count). The summed E-state index contributed by atoms with van der Waals surface area (Å²) < 4.78 is 10.6. The number of amidine groups is 1. The minimum Gasteiger partial charge on any atom is -0.443 e. The van der Waals surface area contributed by atoms with Gasteiger partial charge in [-0.2, -0.15) is 10.2 Å². The first-order valence-electron chi connectivity index (χ1n) is 11.0. The molecule has 0 atom stereocenters. The molecule has 1 aromatic carbocycles. The van der Waals surface area contributed by atoms with Gasteiger partial charge in [-0.15, -0.1) is 4.99 Å². The predicted molar refractivity (Wildman–Crippen MR) is 133 cm³/mol. The molecule has 0 aromatic heterocycles. The molecule has 34 heavy (non-hydrogen) atoms. The summed E-state index contributed by atoms with van der Waals surface area (Å²) in [6.07, 6.45) is -0.235. The third-order valence-electron chi connectivity index (χ3n) is 3.71. The van der Waals surface area contributed by atoms with E-state index in [-0.39, 0.29) is 12.5 Å². The van der Waals surface area contributed by atoms with Crippen molar-refractivity contribution in [1.29, 1.82) is 0 Å². The molecule has 1 aliphatic rings. The molecule has 2 amide bonds. The fourth-order valence-electron chi connectivity index (χ4n) is 2.64. The van der Waals surface area contributed by atoms with Crippen LogP contribution in [0, 0.1) is 6.92 Å². The molecule has 0 aliphatic carbocycles. The molecule has 1 heterocycles. The van der Waals surface area contributed by atoms with Crippen LogP contribution in [0.25, 0.3) is 0 Å². The maximum absolute atomic E-state index is 12.9. The summed E-state index contributed by atoms with van der Waals surface area (Å²) in [6, 6.07) is 5.61. The van der Waals surface area contributed by atoms with Crippen molar-refractivity contribution in [3.63, 3.8) is 0 Å². The second kappa shape index (κ2) is 12.0. The van der Waals surface area contributed by atoms with Gasteiger partial charge in [0, 0.05) is 5.56 Å². The number of nitrogens with one attached hydrogen (secondary N) is 2. The Balaban J connectivity index is 0.00000281. The second-order valence-corrected chi connectivity index (χ2v) is 9.18. The first-order valence-corrected chi connectivity index (χ1v) is 11.0. The van der Waals surface area contributed by atoms with Crippen LogP contribution in [0.3, 0.4) is 0 Å². The number of carbonyl (C=O) groups is 2. The van der Waals surface area contributed by atoms with Gasteiger partial charge in [0.05, 0.1) is 6.54 Å². The molecule has 0 saturated heterocycles. The lowest BCUT2D eigenvalue weighted by atomic mass is 10.1. The summed E-state index contributed by atoms with van der Waals surface area (Å²) in [5, 5.41) is 8.07. The molecule has 0 unspecified atom stereocenters. The lowest BCUT2D eigenvalue weighted by molar-refractivity contribution is 0.0356. The van der Waals surface area contributed by atoms with Crippen LogP contribution < -0.4 is 16.6 Å². The molecule has 188 valence electrons. The van der Waals surface area contributed by atoms with Crippen molar-refractivity contribution >= 4 is 30.3 Å². The van der Waals surface area contributed by atoms with Gasteiger partial charge in [0.1, 0.15) is 17.5 Å². The zero-order valence-electron chi connectivity index (χ0n) is 21.5. The van der Waals surface area contributed by atoms with E-state index in [9.17, 15) is 9.59 Å². The highest BCUT2D eigenvalue weighted by Gasteiger charge is 2.27. The van der Waals surface area contributed by atoms with Gasteiger partial charge < -0.3 is 15.2 Å². The van der Waals surface area contributed by atoms with Crippen LogP contribution in [-0.2, 0) is 16.0 Å². The summed E-state index contributed by atoms with van der Waals surface area (Å²) in [5.41, 5.74) is 12.4. The number of aliphatic imine (C=N–C) groups is 1. The topological polar surface area (TPSA) is 143 Å². The Labute approximate surface area is 201 Å². The minimum atomic E-state index is -0.904. The number of hydrogen-bond donors (Lipinski definition) is 3. The molecule has 1 aromatic rings. The number of nitrogens with two attached hydrogens (primary N) is 1. The average Bonchev–Trinajstić information content (AvgIpc) is 2.71. The van der Waals surface area contributed by atoms with Crippen molar-refractivity contribution in [1.82, 2.24) is 15.8 Å². The third-order valence-corrected chi connectivity index (χ3v) is 3.71. The van der Waals surface area contributed by atoms with Gasteiger partial charge in [-0.05, 0) is 66.2 Å². The van der Waals surface area contributed by atoms with Crippen LogP contribution in [0.4, 0.5) is 9.59 Å². The van der Waals surface area contributed by atoms with Crippen LogP contribution in [0.2, 0.25) is 0 Å². The standard InChI is InChI=1S/C21H31N7O4.C2H6/c1-13-8-14(10-15(9-13)16-26-23-12-24-27-16)11-28(19(30)32-21(5,6)7)17(22)25-18(29)31-20(2,3)4;1-2/h8-10,12H,11H2,1-7H3,(H,23,24)(H,26,27)(H2,22,25,29);1-2H3. The fourth-order valence-corrected chi connectivity index (χ4v) is 2.64. The average molecular weight is 476 g/mol. The number of hydrazone groups is 2. The Morgan fingerprint density at radius 3 is 2.21 bits per heavy atom. The molecule has 4 N–H and O–H groups in total. The Bertz CT molecular complexity index is 957. The highest BCUT2D eigenvalue weighted by molar-refractivity contribution is 6.00. The Hall–Kier alpha value is -3.63.